The first-order chi connectivity index (χ1) is 8.86. The Kier molecular flexibility index (Phi) is 4.08. The number of carboxylic acid groups (broad SMARTS) is 1. The van der Waals surface area contributed by atoms with Crippen LogP contribution in [0.2, 0.25) is 0 Å². The number of rotatable bonds is 2. The molecule has 1 aliphatic carbocycles. The van der Waals surface area contributed by atoms with Crippen LogP contribution in [0.4, 0.5) is 13.2 Å². The average Bonchev–Trinajstić information content (AvgIpc) is 2.38. The van der Waals surface area contributed by atoms with E-state index in [1.165, 1.54) is 0 Å². The smallest absolute Gasteiger partial charge is 0.391 e. The molecule has 1 saturated heterocycles. The van der Waals surface area contributed by atoms with E-state index in [0.29, 0.717) is 13.1 Å². The molecule has 0 aromatic heterocycles. The van der Waals surface area contributed by atoms with Gasteiger partial charge in [-0.25, -0.2) is 0 Å². The highest BCUT2D eigenvalue weighted by Gasteiger charge is 2.51. The molecule has 2 rings (SSSR count). The number of carbonyl (C=O) groups is 1. The number of piperidine rings is 1. The van der Waals surface area contributed by atoms with Crippen LogP contribution in [0.1, 0.15) is 44.9 Å². The Bertz CT molecular complexity index is 329. The molecule has 1 aliphatic heterocycles. The molecule has 0 atom stereocenters. The lowest BCUT2D eigenvalue weighted by molar-refractivity contribution is -0.193. The molecular weight excluding hydrogens is 259 g/mol. The van der Waals surface area contributed by atoms with Gasteiger partial charge >= 0.3 is 12.1 Å². The molecule has 3 nitrogen and oxygen atoms in total. The number of hydrogen-bond acceptors (Lipinski definition) is 2. The zero-order chi connectivity index (χ0) is 14.1. The minimum absolute atomic E-state index is 0.0632. The quantitative estimate of drug-likeness (QED) is 0.844. The van der Waals surface area contributed by atoms with Crippen LogP contribution in [0.5, 0.6) is 0 Å². The second-order valence-electron chi connectivity index (χ2n) is 5.70. The van der Waals surface area contributed by atoms with Crippen LogP contribution in [0.25, 0.3) is 0 Å². The number of halogens is 3. The summed E-state index contributed by atoms with van der Waals surface area (Å²) >= 11 is 0. The summed E-state index contributed by atoms with van der Waals surface area (Å²) in [5.41, 5.74) is -1.05. The Morgan fingerprint density at radius 3 is 2.05 bits per heavy atom. The third-order valence-corrected chi connectivity index (χ3v) is 4.64. The summed E-state index contributed by atoms with van der Waals surface area (Å²) in [5, 5.41) is 9.51. The topological polar surface area (TPSA) is 40.5 Å². The second kappa shape index (κ2) is 5.31. The molecule has 2 fully saturated rings. The first-order valence-electron chi connectivity index (χ1n) is 6.91. The number of likely N-dealkylation sites (tertiary alicyclic amines) is 1. The molecule has 0 aromatic carbocycles. The molecule has 2 aliphatic rings. The Hall–Kier alpha value is -0.780. The SMILES string of the molecule is O=C(O)C1(N2CCCCC2)CCC(C(F)(F)F)CC1. The molecule has 0 aromatic rings. The van der Waals surface area contributed by atoms with Gasteiger partial charge in [-0.15, -0.1) is 0 Å². The van der Waals surface area contributed by atoms with Gasteiger partial charge in [0.05, 0.1) is 5.92 Å². The van der Waals surface area contributed by atoms with Crippen molar-refractivity contribution in [2.45, 2.75) is 56.7 Å². The molecule has 1 heterocycles. The summed E-state index contributed by atoms with van der Waals surface area (Å²) in [6.45, 7) is 1.39. The van der Waals surface area contributed by atoms with Crippen molar-refractivity contribution in [1.29, 1.82) is 0 Å². The largest absolute Gasteiger partial charge is 0.480 e. The molecule has 1 saturated carbocycles. The monoisotopic (exact) mass is 279 g/mol. The van der Waals surface area contributed by atoms with Gasteiger partial charge in [0, 0.05) is 0 Å². The maximum atomic E-state index is 12.7. The summed E-state index contributed by atoms with van der Waals surface area (Å²) in [6.07, 6.45) is -1.11. The van der Waals surface area contributed by atoms with Gasteiger partial charge in [0.15, 0.2) is 0 Å². The minimum Gasteiger partial charge on any atom is -0.480 e. The fourth-order valence-corrected chi connectivity index (χ4v) is 3.41. The normalized spacial score (nSPS) is 34.2. The number of carboxylic acids is 1. The van der Waals surface area contributed by atoms with Gasteiger partial charge in [-0.3, -0.25) is 9.69 Å². The Balaban J connectivity index is 2.09. The van der Waals surface area contributed by atoms with Crippen molar-refractivity contribution < 1.29 is 23.1 Å². The van der Waals surface area contributed by atoms with Gasteiger partial charge in [-0.1, -0.05) is 6.42 Å². The Morgan fingerprint density at radius 1 is 1.11 bits per heavy atom. The predicted octanol–water partition coefficient (Wildman–Crippen LogP) is 3.05. The van der Waals surface area contributed by atoms with Crippen molar-refractivity contribution >= 4 is 5.97 Å². The van der Waals surface area contributed by atoms with E-state index in [2.05, 4.69) is 0 Å². The van der Waals surface area contributed by atoms with Gasteiger partial charge in [-0.2, -0.15) is 13.2 Å². The molecule has 110 valence electrons. The number of aliphatic carboxylic acids is 1. The predicted molar refractivity (Wildman–Crippen MR) is 63.8 cm³/mol. The van der Waals surface area contributed by atoms with Crippen molar-refractivity contribution in [3.05, 3.63) is 0 Å². The first-order valence-corrected chi connectivity index (χ1v) is 6.91. The zero-order valence-electron chi connectivity index (χ0n) is 10.9. The summed E-state index contributed by atoms with van der Waals surface area (Å²) in [4.78, 5) is 13.5. The molecule has 19 heavy (non-hydrogen) atoms. The van der Waals surface area contributed by atoms with E-state index in [1.54, 1.807) is 0 Å². The van der Waals surface area contributed by atoms with Crippen molar-refractivity contribution in [3.63, 3.8) is 0 Å². The fourth-order valence-electron chi connectivity index (χ4n) is 3.41. The lowest BCUT2D eigenvalue weighted by Crippen LogP contribution is -2.58. The molecule has 0 radical (unpaired) electrons. The summed E-state index contributed by atoms with van der Waals surface area (Å²) in [7, 11) is 0. The Labute approximate surface area is 110 Å². The van der Waals surface area contributed by atoms with E-state index in [0.717, 1.165) is 19.3 Å². The maximum Gasteiger partial charge on any atom is 0.391 e. The van der Waals surface area contributed by atoms with Gasteiger partial charge in [0.1, 0.15) is 5.54 Å². The highest BCUT2D eigenvalue weighted by Crippen LogP contribution is 2.44. The van der Waals surface area contributed by atoms with E-state index >= 15 is 0 Å². The van der Waals surface area contributed by atoms with Crippen LogP contribution >= 0.6 is 0 Å². The first kappa shape index (κ1) is 14.6. The molecule has 0 amide bonds. The fraction of sp³-hybridized carbons (Fsp3) is 0.923. The zero-order valence-corrected chi connectivity index (χ0v) is 10.9. The van der Waals surface area contributed by atoms with Crippen LogP contribution in [-0.2, 0) is 4.79 Å². The van der Waals surface area contributed by atoms with Crippen LogP contribution in [-0.4, -0.2) is 40.8 Å². The second-order valence-corrected chi connectivity index (χ2v) is 5.70. The molecule has 0 bridgehead atoms. The van der Waals surface area contributed by atoms with Crippen molar-refractivity contribution in [2.75, 3.05) is 13.1 Å². The number of hydrogen-bond donors (Lipinski definition) is 1. The summed E-state index contributed by atoms with van der Waals surface area (Å²) < 4.78 is 38.0. The van der Waals surface area contributed by atoms with Gasteiger partial charge in [0.2, 0.25) is 0 Å². The van der Waals surface area contributed by atoms with Crippen molar-refractivity contribution in [3.8, 4) is 0 Å². The third kappa shape index (κ3) is 2.88. The molecule has 6 heteroatoms. The lowest BCUT2D eigenvalue weighted by atomic mass is 9.74. The van der Waals surface area contributed by atoms with Crippen LogP contribution in [0.3, 0.4) is 0 Å². The molecule has 0 unspecified atom stereocenters. The number of alkyl halides is 3. The Morgan fingerprint density at radius 2 is 1.63 bits per heavy atom. The van der Waals surface area contributed by atoms with Crippen molar-refractivity contribution in [1.82, 2.24) is 4.90 Å². The average molecular weight is 279 g/mol. The van der Waals surface area contributed by atoms with Crippen LogP contribution < -0.4 is 0 Å². The van der Waals surface area contributed by atoms with Crippen LogP contribution in [0, 0.1) is 5.92 Å². The summed E-state index contributed by atoms with van der Waals surface area (Å²) in [6, 6.07) is 0. The molecule has 1 N–H and O–H groups in total. The van der Waals surface area contributed by atoms with E-state index in [9.17, 15) is 23.1 Å². The maximum absolute atomic E-state index is 12.7. The van der Waals surface area contributed by atoms with Gasteiger partial charge < -0.3 is 5.11 Å². The third-order valence-electron chi connectivity index (χ3n) is 4.64. The number of nitrogens with zero attached hydrogens (tertiary/aromatic N) is 1. The molecule has 0 spiro atoms. The van der Waals surface area contributed by atoms with E-state index < -0.39 is 23.6 Å². The molecular formula is C13H20F3NO2. The highest BCUT2D eigenvalue weighted by molar-refractivity contribution is 5.79. The van der Waals surface area contributed by atoms with Gasteiger partial charge in [0.25, 0.3) is 0 Å². The van der Waals surface area contributed by atoms with E-state index in [-0.39, 0.29) is 25.7 Å². The lowest BCUT2D eigenvalue weighted by Gasteiger charge is -2.46. The van der Waals surface area contributed by atoms with Crippen LogP contribution in [0.15, 0.2) is 0 Å². The van der Waals surface area contributed by atoms with Gasteiger partial charge in [-0.05, 0) is 51.6 Å². The van der Waals surface area contributed by atoms with E-state index in [1.807, 2.05) is 4.90 Å². The summed E-state index contributed by atoms with van der Waals surface area (Å²) in [5.74, 6) is -2.28. The van der Waals surface area contributed by atoms with Crippen molar-refractivity contribution in [2.24, 2.45) is 5.92 Å². The van der Waals surface area contributed by atoms with E-state index in [4.69, 9.17) is 0 Å². The standard InChI is InChI=1S/C13H20F3NO2/c14-13(15,16)10-4-6-12(7-5-10,11(18)19)17-8-2-1-3-9-17/h10H,1-9H2,(H,18,19). The minimum atomic E-state index is -4.19. The highest BCUT2D eigenvalue weighted by atomic mass is 19.4.